The Morgan fingerprint density at radius 1 is 1.24 bits per heavy atom. The fraction of sp³-hybridized carbons (Fsp3) is 0.250. The van der Waals surface area contributed by atoms with E-state index in [1.807, 2.05) is 0 Å². The first-order valence-corrected chi connectivity index (χ1v) is 8.36. The molecule has 0 aliphatic rings. The predicted molar refractivity (Wildman–Crippen MR) is 95.0 cm³/mol. The number of amides is 2. The van der Waals surface area contributed by atoms with E-state index in [9.17, 15) is 14.4 Å². The highest BCUT2D eigenvalue weighted by molar-refractivity contribution is 7.99. The number of thioether (sulfide) groups is 1. The summed E-state index contributed by atoms with van der Waals surface area (Å²) in [6.45, 7) is 0. The molecule has 0 aliphatic heterocycles. The average molecular weight is 362 g/mol. The first-order chi connectivity index (χ1) is 12.0. The van der Waals surface area contributed by atoms with E-state index in [0.29, 0.717) is 17.1 Å². The standard InChI is InChI=1S/C16H18N4O4S/c1-17-13(21)7-11-8-14(22)20-16(19-11)25-9-15(23)18-10-3-5-12(24-2)6-4-10/h3-6,8H,7,9H2,1-2H3,(H,17,21)(H,18,23)(H,19,20,22). The molecule has 0 saturated heterocycles. The van der Waals surface area contributed by atoms with Gasteiger partial charge < -0.3 is 20.4 Å². The number of nitrogens with one attached hydrogen (secondary N) is 3. The fourth-order valence-corrected chi connectivity index (χ4v) is 2.60. The summed E-state index contributed by atoms with van der Waals surface area (Å²) in [6.07, 6.45) is 0.00598. The van der Waals surface area contributed by atoms with Gasteiger partial charge in [0.05, 0.1) is 25.0 Å². The summed E-state index contributed by atoms with van der Waals surface area (Å²) in [5, 5.41) is 5.49. The molecule has 1 heterocycles. The lowest BCUT2D eigenvalue weighted by Crippen LogP contribution is -2.22. The van der Waals surface area contributed by atoms with E-state index >= 15 is 0 Å². The Morgan fingerprint density at radius 3 is 2.60 bits per heavy atom. The summed E-state index contributed by atoms with van der Waals surface area (Å²) in [4.78, 5) is 41.7. The van der Waals surface area contributed by atoms with Crippen molar-refractivity contribution < 1.29 is 14.3 Å². The molecule has 0 saturated carbocycles. The van der Waals surface area contributed by atoms with E-state index in [4.69, 9.17) is 4.74 Å². The number of anilines is 1. The lowest BCUT2D eigenvalue weighted by molar-refractivity contribution is -0.120. The molecule has 0 atom stereocenters. The molecule has 9 heteroatoms. The molecule has 0 fully saturated rings. The van der Waals surface area contributed by atoms with Crippen molar-refractivity contribution >= 4 is 29.3 Å². The second-order valence-corrected chi connectivity index (χ2v) is 5.92. The predicted octanol–water partition coefficient (Wildman–Crippen LogP) is 0.798. The molecule has 0 bridgehead atoms. The molecule has 2 amide bonds. The maximum atomic E-state index is 12.0. The van der Waals surface area contributed by atoms with Gasteiger partial charge in [-0.15, -0.1) is 0 Å². The van der Waals surface area contributed by atoms with Crippen LogP contribution in [0.1, 0.15) is 5.69 Å². The van der Waals surface area contributed by atoms with Gasteiger partial charge in [-0.3, -0.25) is 14.4 Å². The van der Waals surface area contributed by atoms with Gasteiger partial charge in [0, 0.05) is 18.8 Å². The van der Waals surface area contributed by atoms with E-state index in [0.717, 1.165) is 11.8 Å². The minimum Gasteiger partial charge on any atom is -0.497 e. The van der Waals surface area contributed by atoms with Crippen molar-refractivity contribution in [2.24, 2.45) is 0 Å². The van der Waals surface area contributed by atoms with Crippen molar-refractivity contribution in [2.75, 3.05) is 25.2 Å². The summed E-state index contributed by atoms with van der Waals surface area (Å²) >= 11 is 1.08. The number of hydrogen-bond donors (Lipinski definition) is 3. The van der Waals surface area contributed by atoms with Gasteiger partial charge in [-0.25, -0.2) is 4.98 Å². The molecule has 25 heavy (non-hydrogen) atoms. The number of rotatable bonds is 7. The van der Waals surface area contributed by atoms with Gasteiger partial charge >= 0.3 is 0 Å². The number of carbonyl (C=O) groups excluding carboxylic acids is 2. The molecule has 2 aromatic rings. The van der Waals surface area contributed by atoms with Crippen molar-refractivity contribution in [1.29, 1.82) is 0 Å². The number of nitrogens with zero attached hydrogens (tertiary/aromatic N) is 1. The second kappa shape index (κ2) is 8.88. The van der Waals surface area contributed by atoms with Crippen molar-refractivity contribution in [3.8, 4) is 5.75 Å². The summed E-state index contributed by atoms with van der Waals surface area (Å²) < 4.78 is 5.05. The van der Waals surface area contributed by atoms with Crippen LogP contribution in [-0.2, 0) is 16.0 Å². The summed E-state index contributed by atoms with van der Waals surface area (Å²) in [7, 11) is 3.07. The van der Waals surface area contributed by atoms with E-state index in [2.05, 4.69) is 20.6 Å². The summed E-state index contributed by atoms with van der Waals surface area (Å²) in [5.41, 5.74) is 0.620. The molecule has 8 nitrogen and oxygen atoms in total. The zero-order chi connectivity index (χ0) is 18.2. The van der Waals surface area contributed by atoms with Gasteiger partial charge in [0.1, 0.15) is 5.75 Å². The van der Waals surface area contributed by atoms with E-state index in [1.165, 1.54) is 13.1 Å². The number of H-pyrrole nitrogens is 1. The van der Waals surface area contributed by atoms with Gasteiger partial charge in [0.15, 0.2) is 5.16 Å². The fourth-order valence-electron chi connectivity index (χ4n) is 1.90. The number of benzene rings is 1. The van der Waals surface area contributed by atoms with Crippen LogP contribution in [0.25, 0.3) is 0 Å². The molecule has 0 radical (unpaired) electrons. The Labute approximate surface area is 148 Å². The quantitative estimate of drug-likeness (QED) is 0.496. The van der Waals surface area contributed by atoms with Crippen LogP contribution in [-0.4, -0.2) is 41.7 Å². The van der Waals surface area contributed by atoms with Crippen LogP contribution in [0, 0.1) is 0 Å². The maximum Gasteiger partial charge on any atom is 0.251 e. The highest BCUT2D eigenvalue weighted by Crippen LogP contribution is 2.16. The van der Waals surface area contributed by atoms with Crippen LogP contribution < -0.4 is 20.9 Å². The molecule has 3 N–H and O–H groups in total. The number of carbonyl (C=O) groups is 2. The van der Waals surface area contributed by atoms with Crippen molar-refractivity contribution in [3.63, 3.8) is 0 Å². The minimum atomic E-state index is -0.369. The number of aromatic amines is 1. The Hall–Kier alpha value is -2.81. The largest absolute Gasteiger partial charge is 0.497 e. The minimum absolute atomic E-state index is 0.00598. The maximum absolute atomic E-state index is 12.0. The number of ether oxygens (including phenoxy) is 1. The third kappa shape index (κ3) is 5.96. The van der Waals surface area contributed by atoms with Crippen molar-refractivity contribution in [3.05, 3.63) is 46.4 Å². The normalized spacial score (nSPS) is 10.2. The van der Waals surface area contributed by atoms with E-state index in [-0.39, 0.29) is 34.7 Å². The number of likely N-dealkylation sites (N-methyl/N-ethyl adjacent to an activating group) is 1. The molecule has 0 spiro atoms. The van der Waals surface area contributed by atoms with Gasteiger partial charge in [0.25, 0.3) is 5.56 Å². The van der Waals surface area contributed by atoms with Crippen LogP contribution in [0.5, 0.6) is 5.75 Å². The monoisotopic (exact) mass is 362 g/mol. The third-order valence-electron chi connectivity index (χ3n) is 3.11. The molecular formula is C16H18N4O4S. The molecule has 0 aliphatic carbocycles. The van der Waals surface area contributed by atoms with Gasteiger partial charge in [-0.1, -0.05) is 11.8 Å². The Balaban J connectivity index is 1.94. The topological polar surface area (TPSA) is 113 Å². The van der Waals surface area contributed by atoms with Crippen LogP contribution in [0.3, 0.4) is 0 Å². The number of aromatic nitrogens is 2. The van der Waals surface area contributed by atoms with Crippen molar-refractivity contribution in [1.82, 2.24) is 15.3 Å². The van der Waals surface area contributed by atoms with Gasteiger partial charge in [-0.05, 0) is 24.3 Å². The average Bonchev–Trinajstić information content (AvgIpc) is 2.60. The Bertz CT molecular complexity index is 805. The van der Waals surface area contributed by atoms with Gasteiger partial charge in [-0.2, -0.15) is 0 Å². The van der Waals surface area contributed by atoms with E-state index < -0.39 is 0 Å². The Kier molecular flexibility index (Phi) is 6.58. The Morgan fingerprint density at radius 2 is 1.96 bits per heavy atom. The second-order valence-electron chi connectivity index (χ2n) is 4.96. The highest BCUT2D eigenvalue weighted by atomic mass is 32.2. The first kappa shape index (κ1) is 18.5. The van der Waals surface area contributed by atoms with E-state index in [1.54, 1.807) is 31.4 Å². The lowest BCUT2D eigenvalue weighted by atomic mass is 10.3. The third-order valence-corrected chi connectivity index (χ3v) is 3.98. The summed E-state index contributed by atoms with van der Waals surface area (Å²) in [5.74, 6) is 0.279. The van der Waals surface area contributed by atoms with Crippen LogP contribution in [0.4, 0.5) is 5.69 Å². The van der Waals surface area contributed by atoms with Crippen LogP contribution in [0.15, 0.2) is 40.3 Å². The smallest absolute Gasteiger partial charge is 0.251 e. The summed E-state index contributed by atoms with van der Waals surface area (Å²) in [6, 6.07) is 8.20. The molecule has 132 valence electrons. The zero-order valence-electron chi connectivity index (χ0n) is 13.8. The lowest BCUT2D eigenvalue weighted by Gasteiger charge is -2.06. The molecular weight excluding hydrogens is 344 g/mol. The van der Waals surface area contributed by atoms with Gasteiger partial charge in [0.2, 0.25) is 11.8 Å². The molecule has 2 rings (SSSR count). The number of methoxy groups -OCH3 is 1. The van der Waals surface area contributed by atoms with Crippen LogP contribution in [0.2, 0.25) is 0 Å². The highest BCUT2D eigenvalue weighted by Gasteiger charge is 2.09. The molecule has 1 aromatic carbocycles. The number of hydrogen-bond acceptors (Lipinski definition) is 6. The zero-order valence-corrected chi connectivity index (χ0v) is 14.6. The van der Waals surface area contributed by atoms with Crippen LogP contribution >= 0.6 is 11.8 Å². The first-order valence-electron chi connectivity index (χ1n) is 7.37. The molecule has 0 unspecified atom stereocenters. The van der Waals surface area contributed by atoms with Crippen molar-refractivity contribution in [2.45, 2.75) is 11.6 Å². The molecule has 1 aromatic heterocycles. The SMILES string of the molecule is CNC(=O)Cc1cc(=O)[nH]c(SCC(=O)Nc2ccc(OC)cc2)n1.